The number of amides is 1. The van der Waals surface area contributed by atoms with Gasteiger partial charge in [-0.15, -0.1) is 0 Å². The maximum absolute atomic E-state index is 10.7. The monoisotopic (exact) mass is 1730 g/mol. The van der Waals surface area contributed by atoms with Gasteiger partial charge in [0.15, 0.2) is 0 Å². The van der Waals surface area contributed by atoms with E-state index >= 15 is 0 Å². The summed E-state index contributed by atoms with van der Waals surface area (Å²) in [7, 11) is 7.89. The molecule has 0 aromatic heterocycles. The summed E-state index contributed by atoms with van der Waals surface area (Å²) in [6, 6.07) is 0. The summed E-state index contributed by atoms with van der Waals surface area (Å²) in [6.07, 6.45) is 33.5. The van der Waals surface area contributed by atoms with Gasteiger partial charge in [-0.05, 0) is 119 Å². The van der Waals surface area contributed by atoms with Crippen LogP contribution in [-0.4, -0.2) is 263 Å². The fourth-order valence-corrected chi connectivity index (χ4v) is 5.82. The number of likely N-dealkylation sites (N-methyl/N-ethyl adjacent to an activating group) is 1. The summed E-state index contributed by atoms with van der Waals surface area (Å²) < 4.78 is 115. The zero-order chi connectivity index (χ0) is 93.4. The van der Waals surface area contributed by atoms with E-state index in [0.717, 1.165) is 136 Å². The Morgan fingerprint density at radius 3 is 0.841 bits per heavy atom. The van der Waals surface area contributed by atoms with Crippen LogP contribution in [0.2, 0.25) is 0 Å². The second kappa shape index (κ2) is 161. The molecule has 0 atom stereocenters. The standard InChI is InChI=1S/C7H15NO.C7H16.C6H12O3.C5H11NO.2C5H13N.C5H12O2S.C5H12O.C5H10O.C4H11NO2S.C4H11NO.C4H10O.C4H8O.C4H10.C3H8O2S.C3H8O.C3H8.C2H6O2S.C2H6O/c1-3-7(9)5-4-6-8-2;1-3-5-7-6-4-2;1-8-5-3-4-6(7)9-2;1-3-4-6-5(2)7;1-3-4-5-6-2;1-3-5-6-4-2;1-3-4-5-8(2,6)7;1-3-4-5-6-2;1-3-5(6)4-2;1-3-4-5-8(2,6)7;1-5-3-4-6-2;1-3-4-5-2;1-3-4(2)5;1-3-4-2;1-3-6(2,4)5;1-3-4-2;1-3-2;1-5(2,3)4;1-3-2/h8H,3-6H2,1-2H3;3-7H2,1-2H3;3-5H2,1-2H3;3-4H2,1-2H3,(H,6,7);2*6H,3-5H2,1-2H3;3-5H2,1-2H3;3-5H2,1-2H3;3-4H2,1-2H3;5H,3-4H2,1-2H3;5H,3-4H2,1-2H3;3-4H2,1-2H3;3H2,1-2H3;3-4H2,1-2H3;3H2,1-2H3;3H2,1-2H3;3H2,1-2H3;1-2H3;1-2H3. The summed E-state index contributed by atoms with van der Waals surface area (Å²) >= 11 is 0. The molecule has 26 nitrogen and oxygen atoms in total. The Bertz CT molecular complexity index is 1920. The number of nitrogens with one attached hydrogen (secondary N) is 6. The van der Waals surface area contributed by atoms with Gasteiger partial charge < -0.3 is 64.5 Å². The maximum atomic E-state index is 10.7. The number of carbonyl (C=O) groups is 5. The third-order valence-corrected chi connectivity index (χ3v) is 14.1. The second-order valence-corrected chi connectivity index (χ2v) is 33.4. The van der Waals surface area contributed by atoms with Crippen LogP contribution in [0.15, 0.2) is 0 Å². The third-order valence-electron chi connectivity index (χ3n) is 11.3. The fraction of sp³-hybridized carbons (Fsp3) is 0.940. The summed E-state index contributed by atoms with van der Waals surface area (Å²) in [5.74, 6) is 1.43. The van der Waals surface area contributed by atoms with Gasteiger partial charge in [-0.25, -0.2) is 38.4 Å². The number of methoxy groups -OCH3 is 7. The molecule has 0 saturated heterocycles. The molecule has 0 aliphatic heterocycles. The van der Waals surface area contributed by atoms with E-state index in [1.165, 1.54) is 110 Å². The fourth-order valence-electron chi connectivity index (χ4n) is 4.43. The van der Waals surface area contributed by atoms with Crippen LogP contribution in [0, 0.1) is 0 Å². The number of unbranched alkanes of at least 4 members (excludes halogenated alkanes) is 8. The lowest BCUT2D eigenvalue weighted by atomic mass is 10.2. The molecule has 0 aromatic rings. The van der Waals surface area contributed by atoms with Crippen molar-refractivity contribution in [3.05, 3.63) is 0 Å². The molecule has 113 heavy (non-hydrogen) atoms. The Kier molecular flexibility index (Phi) is 225. The maximum Gasteiger partial charge on any atom is 0.305 e. The number of ether oxygens (including phenoxy) is 7. The number of ketones is 3. The van der Waals surface area contributed by atoms with Gasteiger partial charge in [0.25, 0.3) is 0 Å². The topological polar surface area (TPSA) is 359 Å². The highest BCUT2D eigenvalue weighted by Crippen LogP contribution is 2.00. The molecule has 1 amide bonds. The molecule has 0 aromatic carbocycles. The Hall–Kier alpha value is -2.69. The van der Waals surface area contributed by atoms with Crippen molar-refractivity contribution in [2.24, 2.45) is 0 Å². The van der Waals surface area contributed by atoms with Crippen LogP contribution in [0.1, 0.15) is 319 Å². The van der Waals surface area contributed by atoms with E-state index in [-0.39, 0.29) is 23.4 Å². The number of carbonyl (C=O) groups excluding carboxylic acids is 5. The molecule has 0 spiro atoms. The first-order chi connectivity index (χ1) is 52.8. The second-order valence-electron chi connectivity index (χ2n) is 24.6. The van der Waals surface area contributed by atoms with Crippen molar-refractivity contribution >= 4 is 68.8 Å². The van der Waals surface area contributed by atoms with Gasteiger partial charge in [0, 0.05) is 178 Å². The minimum Gasteiger partial charge on any atom is -0.469 e. The predicted molar refractivity (Wildman–Crippen MR) is 495 cm³/mol. The number of esters is 1. The van der Waals surface area contributed by atoms with Crippen molar-refractivity contribution in [1.82, 2.24) is 31.3 Å². The average molecular weight is 1730 g/mol. The van der Waals surface area contributed by atoms with Crippen molar-refractivity contribution in [1.29, 1.82) is 0 Å². The van der Waals surface area contributed by atoms with E-state index < -0.39 is 39.5 Å². The minimum absolute atomic E-state index is 0.0573. The molecule has 706 valence electrons. The summed E-state index contributed by atoms with van der Waals surface area (Å²) in [4.78, 5) is 51.2. The summed E-state index contributed by atoms with van der Waals surface area (Å²) in [6.45, 7) is 54.6. The highest BCUT2D eigenvalue weighted by molar-refractivity contribution is 7.91. The average Bonchev–Trinajstić information content (AvgIpc) is 1.01. The van der Waals surface area contributed by atoms with Gasteiger partial charge in [0.1, 0.15) is 46.9 Å². The predicted octanol–water partition coefficient (Wildman–Crippen LogP) is 16.4. The Labute approximate surface area is 705 Å². The van der Waals surface area contributed by atoms with E-state index in [4.69, 9.17) is 18.9 Å². The Morgan fingerprint density at radius 2 is 0.690 bits per heavy atom. The molecular weight excluding hydrogens is 1530 g/mol. The third kappa shape index (κ3) is 427. The molecule has 0 fully saturated rings. The summed E-state index contributed by atoms with van der Waals surface area (Å²) in [5.41, 5.74) is 0. The Balaban J connectivity index is -0.0000000488. The largest absolute Gasteiger partial charge is 0.469 e. The minimum atomic E-state index is -2.94. The van der Waals surface area contributed by atoms with Gasteiger partial charge in [-0.3, -0.25) is 19.2 Å². The van der Waals surface area contributed by atoms with E-state index in [1.807, 2.05) is 76.5 Å². The summed E-state index contributed by atoms with van der Waals surface area (Å²) in [5, 5.41) is 14.9. The highest BCUT2D eigenvalue weighted by atomic mass is 32.2. The number of sulfone groups is 3. The van der Waals surface area contributed by atoms with Crippen LogP contribution in [0.5, 0.6) is 0 Å². The Morgan fingerprint density at radius 1 is 0.345 bits per heavy atom. The quantitative estimate of drug-likeness (QED) is 0.0245. The molecule has 30 heteroatoms. The van der Waals surface area contributed by atoms with E-state index in [2.05, 4.69) is 122 Å². The molecule has 0 heterocycles. The van der Waals surface area contributed by atoms with Crippen LogP contribution in [-0.2, 0) is 96.7 Å². The molecule has 0 aliphatic rings. The van der Waals surface area contributed by atoms with Crippen molar-refractivity contribution in [3.63, 3.8) is 0 Å². The number of hydrogen-bond donors (Lipinski definition) is 6. The number of rotatable bonds is 41. The van der Waals surface area contributed by atoms with Gasteiger partial charge in [-0.1, -0.05) is 202 Å². The zero-order valence-corrected chi connectivity index (χ0v) is 84.8. The number of Topliss-reactive ketones (excluding diaryl/α,β-unsaturated/α-hetero) is 3. The first kappa shape index (κ1) is 158. The first-order valence-electron chi connectivity index (χ1n) is 41.6. The lowest BCUT2D eigenvalue weighted by Crippen LogP contribution is -2.22. The highest BCUT2D eigenvalue weighted by Gasteiger charge is 1.99. The molecular formula is C83H200N6O20S4. The van der Waals surface area contributed by atoms with Crippen LogP contribution in [0.3, 0.4) is 0 Å². The molecule has 0 aliphatic carbocycles. The molecule has 0 radical (unpaired) electrons. The van der Waals surface area contributed by atoms with Crippen molar-refractivity contribution in [3.8, 4) is 0 Å². The SMILES string of the molecule is CCC.CCC(=O)CC.CCC(=O)CCCNC.CCC(C)=O.CCCC.CCCCCCC.CCCCNC.CCCCOC.CCCCS(C)(=O)=O.CCCNC(C)=O.CCCNCC.CCCNS(C)(=O)=O.CCCOC.CCOC.CCS(C)(=O)=O.CNCCOC.COC.COCCCC(=O)OC.CS(C)(=O)=O. The van der Waals surface area contributed by atoms with Crippen LogP contribution in [0.25, 0.3) is 0 Å². The smallest absolute Gasteiger partial charge is 0.305 e. The van der Waals surface area contributed by atoms with E-state index in [0.29, 0.717) is 62.6 Å². The lowest BCUT2D eigenvalue weighted by molar-refractivity contribution is -0.141. The van der Waals surface area contributed by atoms with Crippen molar-refractivity contribution < 1.29 is 90.8 Å². The van der Waals surface area contributed by atoms with Gasteiger partial charge >= 0.3 is 5.97 Å². The van der Waals surface area contributed by atoms with Gasteiger partial charge in [-0.2, -0.15) is 0 Å². The number of hydrogen-bond acceptors (Lipinski definition) is 24. The molecule has 0 bridgehead atoms. The lowest BCUT2D eigenvalue weighted by Gasteiger charge is -1.96. The molecule has 0 saturated carbocycles. The van der Waals surface area contributed by atoms with Crippen molar-refractivity contribution in [2.75, 3.05) is 200 Å². The van der Waals surface area contributed by atoms with Crippen LogP contribution in [0.4, 0.5) is 0 Å². The normalized spacial score (nSPS) is 9.29. The van der Waals surface area contributed by atoms with E-state index in [1.54, 1.807) is 63.6 Å². The van der Waals surface area contributed by atoms with Gasteiger partial charge in [0.2, 0.25) is 15.9 Å². The molecule has 6 N–H and O–H groups in total. The molecule has 0 unspecified atom stereocenters. The van der Waals surface area contributed by atoms with E-state index in [9.17, 15) is 57.6 Å². The van der Waals surface area contributed by atoms with Gasteiger partial charge in [0.05, 0.1) is 20.0 Å². The zero-order valence-electron chi connectivity index (χ0n) is 81.6. The first-order valence-corrected chi connectivity index (χ1v) is 49.9. The number of sulfonamides is 1. The van der Waals surface area contributed by atoms with Crippen molar-refractivity contribution in [2.45, 2.75) is 319 Å². The molecule has 0 rings (SSSR count). The van der Waals surface area contributed by atoms with Crippen LogP contribution >= 0.6 is 0 Å². The van der Waals surface area contributed by atoms with Crippen LogP contribution < -0.4 is 31.3 Å².